The molecule has 6 rings (SSSR count). The number of benzene rings is 3. The zero-order valence-corrected chi connectivity index (χ0v) is 19.9. The van der Waals surface area contributed by atoms with E-state index in [0.29, 0.717) is 22.9 Å². The van der Waals surface area contributed by atoms with Crippen LogP contribution >= 0.6 is 0 Å². The lowest BCUT2D eigenvalue weighted by Gasteiger charge is -2.06. The number of methoxy groups -OCH3 is 3. The fourth-order valence-electron chi connectivity index (χ4n) is 4.24. The van der Waals surface area contributed by atoms with Gasteiger partial charge < -0.3 is 18.6 Å². The van der Waals surface area contributed by atoms with E-state index >= 15 is 0 Å². The van der Waals surface area contributed by atoms with Crippen LogP contribution in [-0.4, -0.2) is 40.9 Å². The topological polar surface area (TPSA) is 83.9 Å². The molecule has 0 spiro atoms. The highest BCUT2D eigenvalue weighted by molar-refractivity contribution is 6.07. The molecule has 0 amide bonds. The Balaban J connectivity index is 1.60. The number of hydrogen-bond donors (Lipinski definition) is 0. The molecule has 178 valence electrons. The van der Waals surface area contributed by atoms with E-state index < -0.39 is 0 Å². The van der Waals surface area contributed by atoms with E-state index in [1.54, 1.807) is 32.2 Å². The summed E-state index contributed by atoms with van der Waals surface area (Å²) in [5.41, 5.74) is 4.73. The largest absolute Gasteiger partial charge is 0.497 e. The molecule has 6 aromatic rings. The lowest BCUT2D eigenvalue weighted by atomic mass is 9.99. The molecule has 0 unspecified atom stereocenters. The van der Waals surface area contributed by atoms with Crippen LogP contribution in [0.25, 0.3) is 50.6 Å². The Labute approximate surface area is 206 Å². The van der Waals surface area contributed by atoms with Crippen molar-refractivity contribution in [2.24, 2.45) is 0 Å². The summed E-state index contributed by atoms with van der Waals surface area (Å²) in [6.45, 7) is 0. The van der Waals surface area contributed by atoms with Gasteiger partial charge >= 0.3 is 0 Å². The molecule has 0 N–H and O–H groups in total. The van der Waals surface area contributed by atoms with Gasteiger partial charge in [0, 0.05) is 16.7 Å². The van der Waals surface area contributed by atoms with Crippen molar-refractivity contribution >= 4 is 16.7 Å². The summed E-state index contributed by atoms with van der Waals surface area (Å²) in [5.74, 6) is 3.58. The third kappa shape index (κ3) is 3.60. The molecule has 0 atom stereocenters. The second-order valence-corrected chi connectivity index (χ2v) is 8.12. The predicted molar refractivity (Wildman–Crippen MR) is 137 cm³/mol. The van der Waals surface area contributed by atoms with Crippen molar-refractivity contribution in [3.05, 3.63) is 79.1 Å². The van der Waals surface area contributed by atoms with Gasteiger partial charge in [-0.2, -0.15) is 0 Å². The van der Waals surface area contributed by atoms with Gasteiger partial charge in [0.2, 0.25) is 5.71 Å². The van der Waals surface area contributed by atoms with Crippen LogP contribution in [0, 0.1) is 0 Å². The molecule has 0 saturated carbocycles. The minimum absolute atomic E-state index is 0.479. The number of rotatable bonds is 6. The van der Waals surface area contributed by atoms with Crippen LogP contribution < -0.4 is 14.2 Å². The third-order valence-corrected chi connectivity index (χ3v) is 6.11. The van der Waals surface area contributed by atoms with Crippen LogP contribution in [0.4, 0.5) is 0 Å². The summed E-state index contributed by atoms with van der Waals surface area (Å²) in [7, 11) is 4.93. The van der Waals surface area contributed by atoms with E-state index in [9.17, 15) is 0 Å². The first-order valence-electron chi connectivity index (χ1n) is 11.3. The molecule has 8 heteroatoms. The van der Waals surface area contributed by atoms with Crippen molar-refractivity contribution in [2.45, 2.75) is 0 Å². The smallest absolute Gasteiger partial charge is 0.232 e. The summed E-state index contributed by atoms with van der Waals surface area (Å²) in [6.07, 6.45) is 1.62. The zero-order chi connectivity index (χ0) is 24.6. The zero-order valence-electron chi connectivity index (χ0n) is 19.9. The van der Waals surface area contributed by atoms with Crippen LogP contribution in [0.2, 0.25) is 0 Å². The Morgan fingerprint density at radius 1 is 0.667 bits per heavy atom. The Bertz CT molecular complexity index is 1670. The number of aromatic nitrogens is 4. The molecule has 3 heterocycles. The van der Waals surface area contributed by atoms with Gasteiger partial charge in [0.15, 0.2) is 11.5 Å². The molecular formula is C28H22N4O4. The van der Waals surface area contributed by atoms with Gasteiger partial charge in [0.05, 0.1) is 26.7 Å². The van der Waals surface area contributed by atoms with Crippen molar-refractivity contribution in [1.82, 2.24) is 19.6 Å². The van der Waals surface area contributed by atoms with Gasteiger partial charge in [0.25, 0.3) is 0 Å². The fourth-order valence-corrected chi connectivity index (χ4v) is 4.24. The second kappa shape index (κ2) is 8.74. The van der Waals surface area contributed by atoms with Gasteiger partial charge in [0.1, 0.15) is 29.3 Å². The monoisotopic (exact) mass is 478 g/mol. The van der Waals surface area contributed by atoms with Crippen LogP contribution in [-0.2, 0) is 0 Å². The molecule has 0 bridgehead atoms. The maximum atomic E-state index is 6.34. The predicted octanol–water partition coefficient (Wildman–Crippen LogP) is 5.90. The Hall–Kier alpha value is -4.85. The summed E-state index contributed by atoms with van der Waals surface area (Å²) in [6, 6.07) is 23.2. The number of fused-ring (bicyclic) bond motifs is 3. The normalized spacial score (nSPS) is 11.2. The van der Waals surface area contributed by atoms with Crippen molar-refractivity contribution < 1.29 is 18.6 Å². The molecule has 3 aromatic carbocycles. The summed E-state index contributed by atoms with van der Waals surface area (Å²) in [5, 5.41) is 5.46. The van der Waals surface area contributed by atoms with E-state index in [1.165, 1.54) is 0 Å². The Morgan fingerprint density at radius 3 is 1.75 bits per heavy atom. The molecule has 0 radical (unpaired) electrons. The molecule has 36 heavy (non-hydrogen) atoms. The SMILES string of the molecule is COc1ccc(-c2nc3c4c(-c5ccc(OC)cc5)c(-c5ccc(OC)cc5)oc4ncn3n2)cc1. The highest BCUT2D eigenvalue weighted by atomic mass is 16.5. The van der Waals surface area contributed by atoms with Crippen LogP contribution in [0.5, 0.6) is 17.2 Å². The molecule has 0 aliphatic heterocycles. The number of ether oxygens (including phenoxy) is 3. The van der Waals surface area contributed by atoms with Gasteiger partial charge in [-0.1, -0.05) is 12.1 Å². The summed E-state index contributed by atoms with van der Waals surface area (Å²) in [4.78, 5) is 9.46. The van der Waals surface area contributed by atoms with Crippen molar-refractivity contribution in [1.29, 1.82) is 0 Å². The summed E-state index contributed by atoms with van der Waals surface area (Å²) >= 11 is 0. The van der Waals surface area contributed by atoms with Crippen molar-refractivity contribution in [3.8, 4) is 51.1 Å². The molecular weight excluding hydrogens is 456 g/mol. The molecule has 3 aromatic heterocycles. The van der Waals surface area contributed by atoms with Crippen molar-refractivity contribution in [3.63, 3.8) is 0 Å². The lowest BCUT2D eigenvalue weighted by molar-refractivity contribution is 0.414. The van der Waals surface area contributed by atoms with Crippen LogP contribution in [0.15, 0.2) is 83.5 Å². The molecule has 0 aliphatic carbocycles. The fraction of sp³-hybridized carbons (Fsp3) is 0.107. The minimum atomic E-state index is 0.479. The van der Waals surface area contributed by atoms with E-state index in [0.717, 1.165) is 44.9 Å². The van der Waals surface area contributed by atoms with E-state index in [-0.39, 0.29) is 0 Å². The number of hydrogen-bond acceptors (Lipinski definition) is 7. The van der Waals surface area contributed by atoms with Gasteiger partial charge in [-0.15, -0.1) is 5.10 Å². The number of nitrogens with zero attached hydrogens (tertiary/aromatic N) is 4. The second-order valence-electron chi connectivity index (χ2n) is 8.12. The average Bonchev–Trinajstić information content (AvgIpc) is 3.55. The standard InChI is InChI=1S/C28H22N4O4/c1-33-20-10-4-17(5-11-20)23-24-27-30-26(19-8-14-22(35-3)15-9-19)31-32(27)16-29-28(24)36-25(23)18-6-12-21(34-2)13-7-18/h4-16H,1-3H3. The first-order valence-corrected chi connectivity index (χ1v) is 11.3. The first-order chi connectivity index (χ1) is 17.7. The first kappa shape index (κ1) is 21.7. The van der Waals surface area contributed by atoms with Crippen LogP contribution in [0.3, 0.4) is 0 Å². The number of furan rings is 1. The van der Waals surface area contributed by atoms with E-state index in [4.69, 9.17) is 23.6 Å². The molecule has 0 aliphatic rings. The van der Waals surface area contributed by atoms with E-state index in [2.05, 4.69) is 10.1 Å². The van der Waals surface area contributed by atoms with Gasteiger partial charge in [-0.3, -0.25) is 0 Å². The van der Waals surface area contributed by atoms with Gasteiger partial charge in [-0.05, 0) is 66.2 Å². The summed E-state index contributed by atoms with van der Waals surface area (Å²) < 4.78 is 24.0. The molecule has 0 saturated heterocycles. The van der Waals surface area contributed by atoms with Crippen molar-refractivity contribution in [2.75, 3.05) is 21.3 Å². The minimum Gasteiger partial charge on any atom is -0.497 e. The maximum Gasteiger partial charge on any atom is 0.232 e. The van der Waals surface area contributed by atoms with Crippen LogP contribution in [0.1, 0.15) is 0 Å². The highest BCUT2D eigenvalue weighted by Crippen LogP contribution is 2.42. The molecule has 0 fully saturated rings. The molecule has 8 nitrogen and oxygen atoms in total. The maximum absolute atomic E-state index is 6.34. The van der Waals surface area contributed by atoms with Gasteiger partial charge in [-0.25, -0.2) is 14.5 Å². The highest BCUT2D eigenvalue weighted by Gasteiger charge is 2.23. The Morgan fingerprint density at radius 2 is 1.19 bits per heavy atom. The third-order valence-electron chi connectivity index (χ3n) is 6.11. The Kier molecular flexibility index (Phi) is 5.26. The average molecular weight is 479 g/mol. The quantitative estimate of drug-likeness (QED) is 0.295. The lowest BCUT2D eigenvalue weighted by Crippen LogP contribution is -1.91. The van der Waals surface area contributed by atoms with E-state index in [1.807, 2.05) is 72.8 Å².